The molecule has 0 fully saturated rings. The molecule has 1 unspecified atom stereocenters. The molecule has 1 aromatic carbocycles. The summed E-state index contributed by atoms with van der Waals surface area (Å²) >= 11 is 1.62. The van der Waals surface area contributed by atoms with Crippen LogP contribution in [0.15, 0.2) is 36.8 Å². The van der Waals surface area contributed by atoms with E-state index in [9.17, 15) is 9.59 Å². The first kappa shape index (κ1) is 21.0. The molecular formula is C19H26N4O3S. The molecule has 1 amide bonds. The largest absolute Gasteiger partial charge is 0.467 e. The number of nitrogens with one attached hydrogen (secondary N) is 3. The Balaban J connectivity index is 2.12. The summed E-state index contributed by atoms with van der Waals surface area (Å²) in [6.45, 7) is 0. The zero-order chi connectivity index (χ0) is 19.6. The molecule has 7 nitrogen and oxygen atoms in total. The quantitative estimate of drug-likeness (QED) is 0.537. The van der Waals surface area contributed by atoms with Crippen LogP contribution in [0.5, 0.6) is 0 Å². The summed E-state index contributed by atoms with van der Waals surface area (Å²) in [6.07, 6.45) is 6.64. The second-order valence-corrected chi connectivity index (χ2v) is 7.06. The number of hydrogen-bond donors (Lipinski definition) is 3. The SMILES string of the molecule is CNC(Cc1cnc[nH]1)c1cccc(C(=O)N[C@@H](CCSC)C(=O)OC)c1. The number of hydrogen-bond acceptors (Lipinski definition) is 6. The van der Waals surface area contributed by atoms with E-state index in [4.69, 9.17) is 4.74 Å². The molecule has 2 aromatic rings. The summed E-state index contributed by atoms with van der Waals surface area (Å²) in [5.41, 5.74) is 2.50. The number of esters is 1. The number of imidazole rings is 1. The van der Waals surface area contributed by atoms with Crippen molar-refractivity contribution in [3.63, 3.8) is 0 Å². The number of carbonyl (C=O) groups is 2. The van der Waals surface area contributed by atoms with Crippen LogP contribution < -0.4 is 10.6 Å². The minimum Gasteiger partial charge on any atom is -0.467 e. The highest BCUT2D eigenvalue weighted by molar-refractivity contribution is 7.98. The number of nitrogens with zero attached hydrogens (tertiary/aromatic N) is 1. The van der Waals surface area contributed by atoms with Crippen LogP contribution in [0.4, 0.5) is 0 Å². The number of carbonyl (C=O) groups excluding carboxylic acids is 2. The summed E-state index contributed by atoms with van der Waals surface area (Å²) < 4.78 is 4.80. The molecule has 0 aliphatic rings. The lowest BCUT2D eigenvalue weighted by Crippen LogP contribution is -2.42. The van der Waals surface area contributed by atoms with Crippen molar-refractivity contribution in [2.75, 3.05) is 26.2 Å². The van der Waals surface area contributed by atoms with Gasteiger partial charge in [-0.3, -0.25) is 4.79 Å². The molecule has 3 N–H and O–H groups in total. The Morgan fingerprint density at radius 2 is 2.19 bits per heavy atom. The molecule has 0 aliphatic heterocycles. The summed E-state index contributed by atoms with van der Waals surface area (Å²) in [6, 6.07) is 6.78. The maximum absolute atomic E-state index is 12.7. The van der Waals surface area contributed by atoms with E-state index < -0.39 is 12.0 Å². The Morgan fingerprint density at radius 1 is 1.37 bits per heavy atom. The van der Waals surface area contributed by atoms with Crippen molar-refractivity contribution in [3.05, 3.63) is 53.6 Å². The minimum atomic E-state index is -0.649. The van der Waals surface area contributed by atoms with Gasteiger partial charge >= 0.3 is 5.97 Å². The van der Waals surface area contributed by atoms with Crippen molar-refractivity contribution in [1.82, 2.24) is 20.6 Å². The summed E-state index contributed by atoms with van der Waals surface area (Å²) in [5, 5.41) is 6.05. The average Bonchev–Trinajstić information content (AvgIpc) is 3.21. The molecule has 1 aromatic heterocycles. The lowest BCUT2D eigenvalue weighted by molar-refractivity contribution is -0.142. The number of thioether (sulfide) groups is 1. The Hall–Kier alpha value is -2.32. The van der Waals surface area contributed by atoms with Gasteiger partial charge in [0.2, 0.25) is 0 Å². The van der Waals surface area contributed by atoms with Gasteiger partial charge in [-0.15, -0.1) is 0 Å². The van der Waals surface area contributed by atoms with E-state index in [0.717, 1.165) is 23.4 Å². The third kappa shape index (κ3) is 6.11. The maximum atomic E-state index is 12.7. The number of aromatic nitrogens is 2. The molecule has 0 bridgehead atoms. The number of benzene rings is 1. The highest BCUT2D eigenvalue weighted by atomic mass is 32.2. The van der Waals surface area contributed by atoms with Gasteiger partial charge in [0.1, 0.15) is 6.04 Å². The normalized spacial score (nSPS) is 13.0. The first-order chi connectivity index (χ1) is 13.1. The molecule has 2 atom stereocenters. The second kappa shape index (κ2) is 10.7. The molecule has 8 heteroatoms. The van der Waals surface area contributed by atoms with Crippen LogP contribution in [-0.4, -0.2) is 54.1 Å². The van der Waals surface area contributed by atoms with Crippen LogP contribution >= 0.6 is 11.8 Å². The molecule has 0 saturated heterocycles. The smallest absolute Gasteiger partial charge is 0.328 e. The van der Waals surface area contributed by atoms with E-state index in [2.05, 4.69) is 20.6 Å². The van der Waals surface area contributed by atoms with E-state index in [0.29, 0.717) is 12.0 Å². The Morgan fingerprint density at radius 3 is 2.81 bits per heavy atom. The van der Waals surface area contributed by atoms with Gasteiger partial charge in [0.05, 0.1) is 13.4 Å². The van der Waals surface area contributed by atoms with Crippen LogP contribution in [0.3, 0.4) is 0 Å². The van der Waals surface area contributed by atoms with E-state index in [1.54, 1.807) is 30.4 Å². The first-order valence-electron chi connectivity index (χ1n) is 8.71. The lowest BCUT2D eigenvalue weighted by atomic mass is 10.00. The van der Waals surface area contributed by atoms with Gasteiger partial charge in [0.15, 0.2) is 0 Å². The number of aromatic amines is 1. The Bertz CT molecular complexity index is 736. The van der Waals surface area contributed by atoms with Gasteiger partial charge in [0, 0.05) is 29.9 Å². The molecule has 0 aliphatic carbocycles. The Labute approximate surface area is 163 Å². The maximum Gasteiger partial charge on any atom is 0.328 e. The summed E-state index contributed by atoms with van der Waals surface area (Å²) in [5.74, 6) is 0.0391. The van der Waals surface area contributed by atoms with Crippen molar-refractivity contribution in [2.24, 2.45) is 0 Å². The number of H-pyrrole nitrogens is 1. The zero-order valence-electron chi connectivity index (χ0n) is 15.8. The third-order valence-corrected chi connectivity index (χ3v) is 4.92. The molecule has 2 rings (SSSR count). The molecule has 0 spiro atoms. The highest BCUT2D eigenvalue weighted by Crippen LogP contribution is 2.18. The number of rotatable bonds is 10. The average molecular weight is 391 g/mol. The van der Waals surface area contributed by atoms with Crippen LogP contribution in [0.25, 0.3) is 0 Å². The van der Waals surface area contributed by atoms with Gasteiger partial charge in [-0.25, -0.2) is 9.78 Å². The first-order valence-corrected chi connectivity index (χ1v) is 10.1. The van der Waals surface area contributed by atoms with Crippen molar-refractivity contribution in [3.8, 4) is 0 Å². The standard InChI is InChI=1S/C19H26N4O3S/c1-20-17(10-15-11-21-12-22-15)13-5-4-6-14(9-13)18(24)23-16(7-8-27-3)19(25)26-2/h4-6,9,11-12,16-17,20H,7-8,10H2,1-3H3,(H,21,22)(H,23,24)/t16-,17?/m0/s1. The van der Waals surface area contributed by atoms with Crippen molar-refractivity contribution < 1.29 is 14.3 Å². The number of amides is 1. The van der Waals surface area contributed by atoms with Crippen LogP contribution in [-0.2, 0) is 16.0 Å². The summed E-state index contributed by atoms with van der Waals surface area (Å²) in [7, 11) is 3.21. The molecule has 0 saturated carbocycles. The Kier molecular flexibility index (Phi) is 8.35. The number of likely N-dealkylation sites (N-methyl/N-ethyl adjacent to an activating group) is 1. The van der Waals surface area contributed by atoms with Gasteiger partial charge in [-0.2, -0.15) is 11.8 Å². The van der Waals surface area contributed by atoms with Crippen molar-refractivity contribution in [2.45, 2.75) is 24.9 Å². The van der Waals surface area contributed by atoms with Gasteiger partial charge < -0.3 is 20.4 Å². The van der Waals surface area contributed by atoms with Crippen molar-refractivity contribution >= 4 is 23.6 Å². The van der Waals surface area contributed by atoms with E-state index >= 15 is 0 Å². The van der Waals surface area contributed by atoms with E-state index in [1.807, 2.05) is 31.5 Å². The monoisotopic (exact) mass is 390 g/mol. The number of ether oxygens (including phenoxy) is 1. The molecule has 27 heavy (non-hydrogen) atoms. The predicted molar refractivity (Wildman–Crippen MR) is 107 cm³/mol. The fourth-order valence-electron chi connectivity index (χ4n) is 2.77. The molecular weight excluding hydrogens is 364 g/mol. The molecule has 146 valence electrons. The number of methoxy groups -OCH3 is 1. The van der Waals surface area contributed by atoms with E-state index in [-0.39, 0.29) is 11.9 Å². The van der Waals surface area contributed by atoms with Crippen LogP contribution in [0.2, 0.25) is 0 Å². The topological polar surface area (TPSA) is 96.1 Å². The predicted octanol–water partition coefficient (Wildman–Crippen LogP) is 1.94. The third-order valence-electron chi connectivity index (χ3n) is 4.28. The fourth-order valence-corrected chi connectivity index (χ4v) is 3.24. The van der Waals surface area contributed by atoms with Crippen LogP contribution in [0, 0.1) is 0 Å². The highest BCUT2D eigenvalue weighted by Gasteiger charge is 2.22. The lowest BCUT2D eigenvalue weighted by Gasteiger charge is -2.18. The van der Waals surface area contributed by atoms with Gasteiger partial charge in [0.25, 0.3) is 5.91 Å². The van der Waals surface area contributed by atoms with Gasteiger partial charge in [-0.1, -0.05) is 12.1 Å². The second-order valence-electron chi connectivity index (χ2n) is 6.08. The van der Waals surface area contributed by atoms with Gasteiger partial charge in [-0.05, 0) is 43.2 Å². The van der Waals surface area contributed by atoms with E-state index in [1.165, 1.54) is 7.11 Å². The fraction of sp³-hybridized carbons (Fsp3) is 0.421. The van der Waals surface area contributed by atoms with Crippen LogP contribution in [0.1, 0.15) is 34.1 Å². The molecule has 1 heterocycles. The zero-order valence-corrected chi connectivity index (χ0v) is 16.6. The minimum absolute atomic E-state index is 0.0334. The summed E-state index contributed by atoms with van der Waals surface area (Å²) in [4.78, 5) is 31.7. The molecule has 0 radical (unpaired) electrons. The van der Waals surface area contributed by atoms with Crippen molar-refractivity contribution in [1.29, 1.82) is 0 Å².